The van der Waals surface area contributed by atoms with Crippen molar-refractivity contribution < 1.29 is 4.79 Å². The first-order chi connectivity index (χ1) is 12.7. The predicted octanol–water partition coefficient (Wildman–Crippen LogP) is 1.50. The van der Waals surface area contributed by atoms with Gasteiger partial charge in [0, 0.05) is 56.6 Å². The first-order valence-corrected chi connectivity index (χ1v) is 9.17. The fraction of sp³-hybridized carbons (Fsp3) is 0.421. The number of carbonyl (C=O) groups excluding carboxylic acids is 1. The maximum Gasteiger partial charge on any atom is 0.248 e. The summed E-state index contributed by atoms with van der Waals surface area (Å²) in [5, 5.41) is 0. The van der Waals surface area contributed by atoms with E-state index in [-0.39, 0.29) is 5.91 Å². The van der Waals surface area contributed by atoms with Crippen LogP contribution in [0, 0.1) is 0 Å². The van der Waals surface area contributed by atoms with Crippen LogP contribution in [-0.4, -0.2) is 55.1 Å². The first-order valence-electron chi connectivity index (χ1n) is 9.17. The smallest absolute Gasteiger partial charge is 0.248 e. The van der Waals surface area contributed by atoms with E-state index in [1.54, 1.807) is 18.5 Å². The highest BCUT2D eigenvalue weighted by Crippen LogP contribution is 2.23. The second-order valence-corrected chi connectivity index (χ2v) is 6.81. The van der Waals surface area contributed by atoms with Gasteiger partial charge in [0.2, 0.25) is 5.91 Å². The lowest BCUT2D eigenvalue weighted by Crippen LogP contribution is -2.46. The van der Waals surface area contributed by atoms with Crippen molar-refractivity contribution in [3.63, 3.8) is 0 Å². The summed E-state index contributed by atoms with van der Waals surface area (Å²) >= 11 is 0. The zero-order valence-corrected chi connectivity index (χ0v) is 14.8. The van der Waals surface area contributed by atoms with Crippen molar-refractivity contribution in [3.05, 3.63) is 42.2 Å². The molecule has 136 valence electrons. The van der Waals surface area contributed by atoms with E-state index in [0.717, 1.165) is 56.6 Å². The van der Waals surface area contributed by atoms with E-state index in [0.29, 0.717) is 5.56 Å². The minimum atomic E-state index is -0.390. The van der Waals surface area contributed by atoms with E-state index < -0.39 is 0 Å². The van der Waals surface area contributed by atoms with Gasteiger partial charge >= 0.3 is 0 Å². The van der Waals surface area contributed by atoms with Crippen molar-refractivity contribution in [2.75, 3.05) is 54.0 Å². The van der Waals surface area contributed by atoms with Crippen LogP contribution in [0.1, 0.15) is 23.2 Å². The van der Waals surface area contributed by atoms with Gasteiger partial charge in [-0.15, -0.1) is 0 Å². The van der Waals surface area contributed by atoms with E-state index in [1.165, 1.54) is 12.8 Å². The number of hydrogen-bond acceptors (Lipinski definition) is 6. The van der Waals surface area contributed by atoms with E-state index in [9.17, 15) is 4.79 Å². The Morgan fingerprint density at radius 2 is 1.35 bits per heavy atom. The van der Waals surface area contributed by atoms with Gasteiger partial charge < -0.3 is 20.4 Å². The normalized spacial score (nSPS) is 17.6. The highest BCUT2D eigenvalue weighted by molar-refractivity contribution is 5.93. The van der Waals surface area contributed by atoms with Gasteiger partial charge in [0.25, 0.3) is 0 Å². The molecule has 0 aliphatic carbocycles. The Morgan fingerprint density at radius 1 is 0.808 bits per heavy atom. The maximum absolute atomic E-state index is 11.2. The zero-order chi connectivity index (χ0) is 17.9. The average Bonchev–Trinajstić information content (AvgIpc) is 3.23. The highest BCUT2D eigenvalue weighted by atomic mass is 16.1. The van der Waals surface area contributed by atoms with Gasteiger partial charge in [-0.25, -0.2) is 9.97 Å². The minimum absolute atomic E-state index is 0.390. The minimum Gasteiger partial charge on any atom is -0.368 e. The van der Waals surface area contributed by atoms with Gasteiger partial charge in [-0.05, 0) is 37.1 Å². The Balaban J connectivity index is 1.40. The third-order valence-corrected chi connectivity index (χ3v) is 5.19. The number of primary amides is 1. The number of hydrogen-bond donors (Lipinski definition) is 1. The van der Waals surface area contributed by atoms with Crippen LogP contribution in [0.3, 0.4) is 0 Å². The molecule has 0 spiro atoms. The number of piperazine rings is 1. The summed E-state index contributed by atoms with van der Waals surface area (Å²) in [7, 11) is 0. The van der Waals surface area contributed by atoms with E-state index in [1.807, 2.05) is 12.1 Å². The van der Waals surface area contributed by atoms with Crippen molar-refractivity contribution in [2.24, 2.45) is 5.73 Å². The molecule has 0 unspecified atom stereocenters. The van der Waals surface area contributed by atoms with Gasteiger partial charge in [-0.3, -0.25) is 4.79 Å². The molecular weight excluding hydrogens is 328 g/mol. The molecule has 2 aromatic rings. The summed E-state index contributed by atoms with van der Waals surface area (Å²) in [5.74, 6) is 1.65. The van der Waals surface area contributed by atoms with Crippen LogP contribution >= 0.6 is 0 Å². The van der Waals surface area contributed by atoms with Crippen LogP contribution in [0.25, 0.3) is 0 Å². The van der Waals surface area contributed by atoms with Crippen LogP contribution in [0.4, 0.5) is 17.3 Å². The number of aromatic nitrogens is 2. The van der Waals surface area contributed by atoms with Gasteiger partial charge in [-0.2, -0.15) is 0 Å². The second-order valence-electron chi connectivity index (χ2n) is 6.81. The molecule has 2 aliphatic heterocycles. The summed E-state index contributed by atoms with van der Waals surface area (Å²) in [6.45, 7) is 5.83. The van der Waals surface area contributed by atoms with E-state index >= 15 is 0 Å². The Kier molecular flexibility index (Phi) is 4.60. The number of nitrogens with two attached hydrogens (primary N) is 1. The lowest BCUT2D eigenvalue weighted by Gasteiger charge is -2.37. The number of amides is 1. The molecule has 0 atom stereocenters. The Morgan fingerprint density at radius 3 is 1.92 bits per heavy atom. The molecule has 2 N–H and O–H groups in total. The summed E-state index contributed by atoms with van der Waals surface area (Å²) in [6.07, 6.45) is 4.16. The number of nitrogens with zero attached hydrogens (tertiary/aromatic N) is 5. The Bertz CT molecular complexity index is 764. The van der Waals surface area contributed by atoms with Crippen molar-refractivity contribution in [1.82, 2.24) is 9.97 Å². The number of rotatable bonds is 4. The quantitative estimate of drug-likeness (QED) is 0.898. The zero-order valence-electron chi connectivity index (χ0n) is 14.8. The van der Waals surface area contributed by atoms with Crippen LogP contribution in [0.5, 0.6) is 0 Å². The molecule has 0 radical (unpaired) electrons. The molecule has 1 aromatic carbocycles. The number of carbonyl (C=O) groups is 1. The largest absolute Gasteiger partial charge is 0.368 e. The van der Waals surface area contributed by atoms with Crippen LogP contribution in [0.2, 0.25) is 0 Å². The average molecular weight is 352 g/mol. The van der Waals surface area contributed by atoms with Crippen LogP contribution < -0.4 is 20.4 Å². The molecule has 7 nitrogen and oxygen atoms in total. The van der Waals surface area contributed by atoms with Crippen molar-refractivity contribution in [2.45, 2.75) is 12.8 Å². The third kappa shape index (κ3) is 3.42. The molecule has 26 heavy (non-hydrogen) atoms. The Hall–Kier alpha value is -2.83. The Labute approximate surface area is 153 Å². The van der Waals surface area contributed by atoms with E-state index in [4.69, 9.17) is 5.73 Å². The molecule has 2 aliphatic rings. The van der Waals surface area contributed by atoms with Crippen LogP contribution in [-0.2, 0) is 0 Å². The summed E-state index contributed by atoms with van der Waals surface area (Å²) < 4.78 is 0. The van der Waals surface area contributed by atoms with Gasteiger partial charge in [0.05, 0.1) is 0 Å². The number of anilines is 3. The number of benzene rings is 1. The first kappa shape index (κ1) is 16.6. The summed E-state index contributed by atoms with van der Waals surface area (Å²) in [6, 6.07) is 9.62. The van der Waals surface area contributed by atoms with E-state index in [2.05, 4.69) is 30.7 Å². The molecule has 2 fully saturated rings. The molecule has 3 heterocycles. The summed E-state index contributed by atoms with van der Waals surface area (Å²) in [4.78, 5) is 27.1. The lowest BCUT2D eigenvalue weighted by molar-refractivity contribution is 0.100. The molecule has 4 rings (SSSR count). The molecule has 2 saturated heterocycles. The molecule has 0 bridgehead atoms. The van der Waals surface area contributed by atoms with Crippen molar-refractivity contribution in [1.29, 1.82) is 0 Å². The van der Waals surface area contributed by atoms with Crippen LogP contribution in [0.15, 0.2) is 36.7 Å². The van der Waals surface area contributed by atoms with Crippen molar-refractivity contribution >= 4 is 23.2 Å². The highest BCUT2D eigenvalue weighted by Gasteiger charge is 2.20. The topological polar surface area (TPSA) is 78.6 Å². The second kappa shape index (κ2) is 7.19. The third-order valence-electron chi connectivity index (χ3n) is 5.19. The molecule has 7 heteroatoms. The standard InChI is InChI=1S/C19H24N6O/c20-19(26)15-3-5-16(6-4-15)23-9-11-25(12-10-23)18-13-17(21-14-22-18)24-7-1-2-8-24/h3-6,13-14H,1-2,7-12H2,(H2,20,26). The molecule has 1 amide bonds. The van der Waals surface area contributed by atoms with Gasteiger partial charge in [0.1, 0.15) is 18.0 Å². The SMILES string of the molecule is NC(=O)c1ccc(N2CCN(c3cc(N4CCCC4)ncn3)CC2)cc1. The van der Waals surface area contributed by atoms with Gasteiger partial charge in [0.15, 0.2) is 0 Å². The molecular formula is C19H24N6O. The fourth-order valence-corrected chi connectivity index (χ4v) is 3.66. The fourth-order valence-electron chi connectivity index (χ4n) is 3.66. The maximum atomic E-state index is 11.2. The molecule has 1 aromatic heterocycles. The predicted molar refractivity (Wildman–Crippen MR) is 103 cm³/mol. The van der Waals surface area contributed by atoms with Gasteiger partial charge in [-0.1, -0.05) is 0 Å². The molecule has 0 saturated carbocycles. The monoisotopic (exact) mass is 352 g/mol. The van der Waals surface area contributed by atoms with Crippen molar-refractivity contribution in [3.8, 4) is 0 Å². The summed E-state index contributed by atoms with van der Waals surface area (Å²) in [5.41, 5.74) is 6.97. The lowest BCUT2D eigenvalue weighted by atomic mass is 10.1.